The topological polar surface area (TPSA) is 71.4 Å². The zero-order chi connectivity index (χ0) is 10.1. The van der Waals surface area contributed by atoms with Gasteiger partial charge in [0, 0.05) is 5.56 Å². The number of carbonyl (C=O) groups is 1. The molecule has 1 aromatic carbocycles. The molecule has 0 aliphatic heterocycles. The summed E-state index contributed by atoms with van der Waals surface area (Å²) in [6, 6.07) is 5.25. The van der Waals surface area contributed by atoms with Gasteiger partial charge in [-0.2, -0.15) is 8.42 Å². The summed E-state index contributed by atoms with van der Waals surface area (Å²) in [7, 11) is -4.21. The number of carbonyl (C=O) groups excluding carboxylic acids is 1. The van der Waals surface area contributed by atoms with Gasteiger partial charge in [0.1, 0.15) is 0 Å². The van der Waals surface area contributed by atoms with Gasteiger partial charge in [0.2, 0.25) is 0 Å². The molecule has 0 aromatic heterocycles. The van der Waals surface area contributed by atoms with Gasteiger partial charge < -0.3 is 0 Å². The minimum atomic E-state index is -4.21. The first-order valence-corrected chi connectivity index (χ1v) is 4.94. The molecule has 0 aliphatic carbocycles. The monoisotopic (exact) mass is 224 g/mol. The predicted octanol–water partition coefficient (Wildman–Crippen LogP) is 0.487. The van der Waals surface area contributed by atoms with Crippen molar-refractivity contribution >= 4 is 45.5 Å². The van der Waals surface area contributed by atoms with Crippen LogP contribution in [0, 0.1) is 0 Å². The Labute approximate surface area is 104 Å². The van der Waals surface area contributed by atoms with Crippen LogP contribution in [0.4, 0.5) is 0 Å². The van der Waals surface area contributed by atoms with Crippen molar-refractivity contribution in [2.75, 3.05) is 0 Å². The van der Waals surface area contributed by atoms with E-state index in [1.54, 1.807) is 0 Å². The first kappa shape index (κ1) is 13.8. The number of rotatable bonds is 2. The second kappa shape index (κ2) is 5.04. The molecule has 0 bridgehead atoms. The van der Waals surface area contributed by atoms with Crippen LogP contribution < -0.4 is 0 Å². The summed E-state index contributed by atoms with van der Waals surface area (Å²) >= 11 is 0. The summed E-state index contributed by atoms with van der Waals surface area (Å²) in [6.07, 6.45) is 0. The third kappa shape index (κ3) is 3.51. The van der Waals surface area contributed by atoms with Gasteiger partial charge in [0.25, 0.3) is 10.1 Å². The summed E-state index contributed by atoms with van der Waals surface area (Å²) in [5.74, 6) is -0.245. The number of Topliss-reactive ketones (excluding diaryl/α,β-unsaturated/α-hetero) is 1. The third-order valence-corrected chi connectivity index (χ3v) is 2.39. The molecule has 1 aromatic rings. The summed E-state index contributed by atoms with van der Waals surface area (Å²) < 4.78 is 30.0. The maximum absolute atomic E-state index is 10.8. The van der Waals surface area contributed by atoms with Gasteiger partial charge in [0.05, 0.1) is 4.90 Å². The SMILES string of the molecule is CC(=O)c1cccc(S(=O)(=O)O)c1.[NaH]. The van der Waals surface area contributed by atoms with Crippen molar-refractivity contribution in [3.05, 3.63) is 29.8 Å². The molecule has 4 nitrogen and oxygen atoms in total. The van der Waals surface area contributed by atoms with E-state index in [9.17, 15) is 13.2 Å². The molecule has 14 heavy (non-hydrogen) atoms. The van der Waals surface area contributed by atoms with Crippen molar-refractivity contribution in [1.29, 1.82) is 0 Å². The molecule has 0 radical (unpaired) electrons. The fourth-order valence-electron chi connectivity index (χ4n) is 0.876. The Morgan fingerprint density at radius 3 is 2.36 bits per heavy atom. The Kier molecular flexibility index (Phi) is 4.97. The summed E-state index contributed by atoms with van der Waals surface area (Å²) in [4.78, 5) is 10.6. The van der Waals surface area contributed by atoms with Crippen LogP contribution in [0.2, 0.25) is 0 Å². The van der Waals surface area contributed by atoms with Crippen LogP contribution in [-0.4, -0.2) is 48.3 Å². The van der Waals surface area contributed by atoms with E-state index in [-0.39, 0.29) is 45.8 Å². The van der Waals surface area contributed by atoms with Crippen molar-refractivity contribution in [2.45, 2.75) is 11.8 Å². The van der Waals surface area contributed by atoms with E-state index in [1.807, 2.05) is 0 Å². The first-order valence-electron chi connectivity index (χ1n) is 3.50. The van der Waals surface area contributed by atoms with Crippen molar-refractivity contribution < 1.29 is 17.8 Å². The van der Waals surface area contributed by atoms with E-state index in [0.717, 1.165) is 6.07 Å². The number of hydrogen-bond donors (Lipinski definition) is 1. The van der Waals surface area contributed by atoms with Crippen LogP contribution in [-0.2, 0) is 10.1 Å². The molecule has 6 heteroatoms. The number of benzene rings is 1. The Morgan fingerprint density at radius 1 is 1.36 bits per heavy atom. The molecule has 0 unspecified atom stereocenters. The van der Waals surface area contributed by atoms with Crippen LogP contribution in [0.3, 0.4) is 0 Å². The van der Waals surface area contributed by atoms with Crippen molar-refractivity contribution in [3.63, 3.8) is 0 Å². The van der Waals surface area contributed by atoms with E-state index >= 15 is 0 Å². The second-order valence-electron chi connectivity index (χ2n) is 2.56. The van der Waals surface area contributed by atoms with Gasteiger partial charge in [0.15, 0.2) is 5.78 Å². The summed E-state index contributed by atoms with van der Waals surface area (Å²) in [6.45, 7) is 1.32. The molecule has 0 saturated carbocycles. The fourth-order valence-corrected chi connectivity index (χ4v) is 1.40. The average molecular weight is 224 g/mol. The molecule has 0 atom stereocenters. The van der Waals surface area contributed by atoms with E-state index < -0.39 is 10.1 Å². The molecule has 0 heterocycles. The van der Waals surface area contributed by atoms with Crippen LogP contribution in [0.15, 0.2) is 29.2 Å². The molecule has 0 aliphatic rings. The van der Waals surface area contributed by atoms with E-state index in [1.165, 1.54) is 25.1 Å². The Bertz CT molecular complexity index is 438. The van der Waals surface area contributed by atoms with Crippen LogP contribution in [0.25, 0.3) is 0 Å². The van der Waals surface area contributed by atoms with E-state index in [4.69, 9.17) is 4.55 Å². The van der Waals surface area contributed by atoms with Crippen molar-refractivity contribution in [2.24, 2.45) is 0 Å². The molecule has 0 spiro atoms. The quantitative estimate of drug-likeness (QED) is 0.451. The zero-order valence-electron chi connectivity index (χ0n) is 6.89. The Balaban J connectivity index is 0.00000169. The van der Waals surface area contributed by atoms with Gasteiger partial charge >= 0.3 is 29.6 Å². The van der Waals surface area contributed by atoms with Gasteiger partial charge in [-0.05, 0) is 19.1 Å². The standard InChI is InChI=1S/C8H8O4S.Na.H/c1-6(9)7-3-2-4-8(5-7)13(10,11)12;;/h2-5H,1H3,(H,10,11,12);;. The van der Waals surface area contributed by atoms with E-state index in [2.05, 4.69) is 0 Å². The maximum atomic E-state index is 10.8. The number of ketones is 1. The van der Waals surface area contributed by atoms with Gasteiger partial charge in [-0.25, -0.2) is 0 Å². The Hall–Kier alpha value is -0.200. The van der Waals surface area contributed by atoms with Gasteiger partial charge in [-0.3, -0.25) is 9.35 Å². The molecule has 1 rings (SSSR count). The van der Waals surface area contributed by atoms with Gasteiger partial charge in [-0.15, -0.1) is 0 Å². The van der Waals surface area contributed by atoms with Crippen LogP contribution >= 0.6 is 0 Å². The van der Waals surface area contributed by atoms with Crippen molar-refractivity contribution in [3.8, 4) is 0 Å². The molecule has 0 saturated heterocycles. The van der Waals surface area contributed by atoms with Crippen molar-refractivity contribution in [1.82, 2.24) is 0 Å². The first-order chi connectivity index (χ1) is 5.91. The molecule has 1 N–H and O–H groups in total. The fraction of sp³-hybridized carbons (Fsp3) is 0.125. The molecular weight excluding hydrogens is 215 g/mol. The molecule has 0 amide bonds. The second-order valence-corrected chi connectivity index (χ2v) is 3.98. The summed E-state index contributed by atoms with van der Waals surface area (Å²) in [5, 5.41) is 0. The predicted molar refractivity (Wildman–Crippen MR) is 53.4 cm³/mol. The van der Waals surface area contributed by atoms with Crippen LogP contribution in [0.5, 0.6) is 0 Å². The van der Waals surface area contributed by atoms with Crippen LogP contribution in [0.1, 0.15) is 17.3 Å². The number of hydrogen-bond acceptors (Lipinski definition) is 3. The molecule has 72 valence electrons. The minimum absolute atomic E-state index is 0. The zero-order valence-corrected chi connectivity index (χ0v) is 7.71. The summed E-state index contributed by atoms with van der Waals surface area (Å²) in [5.41, 5.74) is 0.259. The normalized spacial score (nSPS) is 10.4. The van der Waals surface area contributed by atoms with Gasteiger partial charge in [-0.1, -0.05) is 12.1 Å². The average Bonchev–Trinajstić information content (AvgIpc) is 2.03. The molecular formula is C8H9NaO4S. The molecule has 0 fully saturated rings. The van der Waals surface area contributed by atoms with E-state index in [0.29, 0.717) is 0 Å². The Morgan fingerprint density at radius 2 is 1.93 bits per heavy atom. The third-order valence-electron chi connectivity index (χ3n) is 1.54.